The number of carbonyl (C=O) groups is 2. The lowest BCUT2D eigenvalue weighted by molar-refractivity contribution is -0.156. The molecule has 0 atom stereocenters. The number of piperazine rings is 1. The highest BCUT2D eigenvalue weighted by atomic mass is 35.5. The van der Waals surface area contributed by atoms with Crippen molar-refractivity contribution in [3.05, 3.63) is 29.0 Å². The molecule has 6 heteroatoms. The van der Waals surface area contributed by atoms with Crippen LogP contribution in [-0.2, 0) is 16.1 Å². The summed E-state index contributed by atoms with van der Waals surface area (Å²) in [6, 6.07) is 3.56. The SMILES string of the molecule is CCN1CCN(Cc2cccnc2Cl)C(=O)C1=O. The van der Waals surface area contributed by atoms with Crippen molar-refractivity contribution in [2.45, 2.75) is 13.5 Å². The fraction of sp³-hybridized carbons (Fsp3) is 0.417. The number of pyridine rings is 1. The van der Waals surface area contributed by atoms with E-state index in [4.69, 9.17) is 11.6 Å². The summed E-state index contributed by atoms with van der Waals surface area (Å²) in [5.74, 6) is -0.910. The number of aromatic nitrogens is 1. The minimum Gasteiger partial charge on any atom is -0.333 e. The average Bonchev–Trinajstić information content (AvgIpc) is 2.38. The first-order valence-electron chi connectivity index (χ1n) is 5.81. The van der Waals surface area contributed by atoms with Crippen molar-refractivity contribution in [3.63, 3.8) is 0 Å². The Morgan fingerprint density at radius 2 is 1.94 bits per heavy atom. The van der Waals surface area contributed by atoms with Gasteiger partial charge in [-0.2, -0.15) is 0 Å². The number of amides is 2. The van der Waals surface area contributed by atoms with Gasteiger partial charge in [-0.25, -0.2) is 4.98 Å². The van der Waals surface area contributed by atoms with Crippen LogP contribution in [0.5, 0.6) is 0 Å². The van der Waals surface area contributed by atoms with E-state index in [-0.39, 0.29) is 0 Å². The zero-order chi connectivity index (χ0) is 13.1. The molecule has 5 nitrogen and oxygen atoms in total. The second-order valence-corrected chi connectivity index (χ2v) is 4.42. The first-order chi connectivity index (χ1) is 8.63. The van der Waals surface area contributed by atoms with E-state index in [0.717, 1.165) is 5.56 Å². The number of nitrogens with zero attached hydrogens (tertiary/aromatic N) is 3. The summed E-state index contributed by atoms with van der Waals surface area (Å²) >= 11 is 5.94. The largest absolute Gasteiger partial charge is 0.333 e. The lowest BCUT2D eigenvalue weighted by atomic mass is 10.2. The number of hydrogen-bond acceptors (Lipinski definition) is 3. The maximum absolute atomic E-state index is 11.9. The molecule has 0 unspecified atom stereocenters. The Morgan fingerprint density at radius 1 is 1.28 bits per heavy atom. The molecule has 1 aliphatic heterocycles. The molecule has 0 radical (unpaired) electrons. The molecule has 0 aromatic carbocycles. The van der Waals surface area contributed by atoms with Crippen LogP contribution in [0.3, 0.4) is 0 Å². The molecule has 1 saturated heterocycles. The number of carbonyl (C=O) groups excluding carboxylic acids is 2. The van der Waals surface area contributed by atoms with Crippen molar-refractivity contribution in [2.75, 3.05) is 19.6 Å². The Hall–Kier alpha value is -1.62. The van der Waals surface area contributed by atoms with E-state index < -0.39 is 11.8 Å². The van der Waals surface area contributed by atoms with Crippen molar-refractivity contribution >= 4 is 23.4 Å². The summed E-state index contributed by atoms with van der Waals surface area (Å²) in [6.45, 7) is 3.85. The summed E-state index contributed by atoms with van der Waals surface area (Å²) in [4.78, 5) is 30.6. The van der Waals surface area contributed by atoms with Gasteiger partial charge in [0.1, 0.15) is 5.15 Å². The molecule has 1 aromatic heterocycles. The van der Waals surface area contributed by atoms with Crippen molar-refractivity contribution in [2.24, 2.45) is 0 Å². The van der Waals surface area contributed by atoms with E-state index >= 15 is 0 Å². The van der Waals surface area contributed by atoms with Gasteiger partial charge in [0, 0.05) is 37.9 Å². The Bertz CT molecular complexity index is 478. The van der Waals surface area contributed by atoms with Gasteiger partial charge in [-0.1, -0.05) is 17.7 Å². The van der Waals surface area contributed by atoms with Gasteiger partial charge >= 0.3 is 11.8 Å². The summed E-state index contributed by atoms with van der Waals surface area (Å²) in [6.07, 6.45) is 1.59. The third-order valence-corrected chi connectivity index (χ3v) is 3.32. The minimum absolute atomic E-state index is 0.328. The topological polar surface area (TPSA) is 53.5 Å². The van der Waals surface area contributed by atoms with E-state index in [1.165, 1.54) is 4.90 Å². The Labute approximate surface area is 110 Å². The molecule has 1 fully saturated rings. The van der Waals surface area contributed by atoms with Crippen molar-refractivity contribution < 1.29 is 9.59 Å². The number of likely N-dealkylation sites (N-methyl/N-ethyl adjacent to an activating group) is 1. The predicted molar refractivity (Wildman–Crippen MR) is 66.9 cm³/mol. The summed E-state index contributed by atoms with van der Waals surface area (Å²) in [5, 5.41) is 0.371. The quantitative estimate of drug-likeness (QED) is 0.605. The second kappa shape index (κ2) is 5.35. The zero-order valence-corrected chi connectivity index (χ0v) is 10.9. The van der Waals surface area contributed by atoms with E-state index in [0.29, 0.717) is 31.3 Å². The molecule has 1 aliphatic rings. The molecule has 1 aromatic rings. The monoisotopic (exact) mass is 267 g/mol. The molecule has 0 aliphatic carbocycles. The van der Waals surface area contributed by atoms with Crippen LogP contribution in [0.1, 0.15) is 12.5 Å². The molecule has 2 amide bonds. The normalized spacial score (nSPS) is 16.3. The fourth-order valence-corrected chi connectivity index (χ4v) is 2.09. The summed E-state index contributed by atoms with van der Waals surface area (Å²) in [7, 11) is 0. The Balaban J connectivity index is 2.10. The van der Waals surface area contributed by atoms with E-state index in [9.17, 15) is 9.59 Å². The summed E-state index contributed by atoms with van der Waals surface area (Å²) in [5.41, 5.74) is 0.755. The van der Waals surface area contributed by atoms with Crippen LogP contribution in [0.15, 0.2) is 18.3 Å². The van der Waals surface area contributed by atoms with Gasteiger partial charge in [0.05, 0.1) is 0 Å². The third-order valence-electron chi connectivity index (χ3n) is 2.98. The first-order valence-corrected chi connectivity index (χ1v) is 6.19. The van der Waals surface area contributed by atoms with Crippen LogP contribution in [0, 0.1) is 0 Å². The van der Waals surface area contributed by atoms with Gasteiger partial charge < -0.3 is 9.80 Å². The van der Waals surface area contributed by atoms with Crippen molar-refractivity contribution in [1.29, 1.82) is 0 Å². The van der Waals surface area contributed by atoms with Crippen LogP contribution >= 0.6 is 11.6 Å². The smallest absolute Gasteiger partial charge is 0.312 e. The molecule has 0 spiro atoms. The van der Waals surface area contributed by atoms with Gasteiger partial charge in [-0.3, -0.25) is 9.59 Å². The van der Waals surface area contributed by atoms with Gasteiger partial charge in [-0.15, -0.1) is 0 Å². The molecule has 0 bridgehead atoms. The average molecular weight is 268 g/mol. The molecule has 96 valence electrons. The van der Waals surface area contributed by atoms with Crippen LogP contribution in [0.2, 0.25) is 5.15 Å². The standard InChI is InChI=1S/C12H14ClN3O2/c1-2-15-6-7-16(12(18)11(15)17)8-9-4-3-5-14-10(9)13/h3-5H,2,6-8H2,1H3. The maximum Gasteiger partial charge on any atom is 0.312 e. The molecular formula is C12H14ClN3O2. The van der Waals surface area contributed by atoms with E-state index in [1.807, 2.05) is 6.92 Å². The fourth-order valence-electron chi connectivity index (χ4n) is 1.91. The molecule has 2 heterocycles. The summed E-state index contributed by atoms with van der Waals surface area (Å²) < 4.78 is 0. The van der Waals surface area contributed by atoms with Crippen molar-refractivity contribution in [3.8, 4) is 0 Å². The molecule has 0 N–H and O–H groups in total. The Morgan fingerprint density at radius 3 is 2.61 bits per heavy atom. The third kappa shape index (κ3) is 2.46. The maximum atomic E-state index is 11.9. The van der Waals surface area contributed by atoms with Gasteiger partial charge in [0.2, 0.25) is 0 Å². The first kappa shape index (κ1) is 12.8. The number of halogens is 1. The van der Waals surface area contributed by atoms with Crippen LogP contribution < -0.4 is 0 Å². The highest BCUT2D eigenvalue weighted by Gasteiger charge is 2.31. The minimum atomic E-state index is -0.469. The highest BCUT2D eigenvalue weighted by Crippen LogP contribution is 2.16. The predicted octanol–water partition coefficient (Wildman–Crippen LogP) is 0.926. The lowest BCUT2D eigenvalue weighted by Gasteiger charge is -2.33. The lowest BCUT2D eigenvalue weighted by Crippen LogP contribution is -2.53. The Kier molecular flexibility index (Phi) is 3.81. The number of hydrogen-bond donors (Lipinski definition) is 0. The van der Waals surface area contributed by atoms with Crippen LogP contribution in [0.25, 0.3) is 0 Å². The molecule has 0 saturated carbocycles. The van der Waals surface area contributed by atoms with Gasteiger partial charge in [0.25, 0.3) is 0 Å². The molecular weight excluding hydrogens is 254 g/mol. The second-order valence-electron chi connectivity index (χ2n) is 4.06. The number of rotatable bonds is 3. The van der Waals surface area contributed by atoms with E-state index in [2.05, 4.69) is 4.98 Å². The molecule has 18 heavy (non-hydrogen) atoms. The van der Waals surface area contributed by atoms with Crippen molar-refractivity contribution in [1.82, 2.24) is 14.8 Å². The van der Waals surface area contributed by atoms with Gasteiger partial charge in [-0.05, 0) is 13.0 Å². The van der Waals surface area contributed by atoms with E-state index in [1.54, 1.807) is 23.2 Å². The zero-order valence-electron chi connectivity index (χ0n) is 10.1. The molecule has 2 rings (SSSR count). The van der Waals surface area contributed by atoms with Crippen LogP contribution in [0.4, 0.5) is 0 Å². The van der Waals surface area contributed by atoms with Crippen LogP contribution in [-0.4, -0.2) is 46.2 Å². The van der Waals surface area contributed by atoms with Gasteiger partial charge in [0.15, 0.2) is 0 Å². The highest BCUT2D eigenvalue weighted by molar-refractivity contribution is 6.35.